The number of thioether (sulfide) groups is 1. The molecular formula is C18H23N5OS. The molecule has 0 unspecified atom stereocenters. The van der Waals surface area contributed by atoms with E-state index in [0.717, 1.165) is 23.9 Å². The van der Waals surface area contributed by atoms with E-state index in [1.165, 1.54) is 5.56 Å². The third-order valence-electron chi connectivity index (χ3n) is 3.75. The molecule has 0 fully saturated rings. The molecule has 0 atom stereocenters. The summed E-state index contributed by atoms with van der Waals surface area (Å²) in [6.45, 7) is 9.11. The smallest absolute Gasteiger partial charge is 0.232 e. The summed E-state index contributed by atoms with van der Waals surface area (Å²) in [7, 11) is 0. The van der Waals surface area contributed by atoms with E-state index in [1.807, 2.05) is 18.2 Å². The second kappa shape index (κ2) is 7.39. The SMILES string of the molecule is CCn1c(Cc2ccccc2)nnc1SCc1noc(C(C)(C)C)n1. The first kappa shape index (κ1) is 17.7. The zero-order valence-corrected chi connectivity index (χ0v) is 15.9. The first-order chi connectivity index (χ1) is 12.0. The van der Waals surface area contributed by atoms with E-state index in [-0.39, 0.29) is 5.41 Å². The van der Waals surface area contributed by atoms with Crippen molar-refractivity contribution < 1.29 is 4.52 Å². The number of benzene rings is 1. The van der Waals surface area contributed by atoms with Gasteiger partial charge in [-0.25, -0.2) is 0 Å². The zero-order chi connectivity index (χ0) is 17.9. The first-order valence-corrected chi connectivity index (χ1v) is 9.38. The molecule has 3 aromatic rings. The lowest BCUT2D eigenvalue weighted by molar-refractivity contribution is 0.319. The third-order valence-corrected chi connectivity index (χ3v) is 4.72. The maximum atomic E-state index is 5.34. The molecule has 0 saturated carbocycles. The molecule has 0 aliphatic rings. The lowest BCUT2D eigenvalue weighted by atomic mass is 9.97. The van der Waals surface area contributed by atoms with Gasteiger partial charge >= 0.3 is 0 Å². The van der Waals surface area contributed by atoms with Gasteiger partial charge in [0.15, 0.2) is 11.0 Å². The van der Waals surface area contributed by atoms with Crippen LogP contribution < -0.4 is 0 Å². The summed E-state index contributed by atoms with van der Waals surface area (Å²) in [6, 6.07) is 10.3. The van der Waals surface area contributed by atoms with Crippen LogP contribution in [0.4, 0.5) is 0 Å². The van der Waals surface area contributed by atoms with E-state index in [0.29, 0.717) is 17.5 Å². The Hall–Kier alpha value is -2.15. The second-order valence-corrected chi connectivity index (χ2v) is 7.80. The van der Waals surface area contributed by atoms with Crippen LogP contribution in [0.5, 0.6) is 0 Å². The van der Waals surface area contributed by atoms with Crippen molar-refractivity contribution in [1.29, 1.82) is 0 Å². The normalized spacial score (nSPS) is 11.8. The van der Waals surface area contributed by atoms with Gasteiger partial charge in [-0.3, -0.25) is 0 Å². The minimum atomic E-state index is -0.137. The van der Waals surface area contributed by atoms with Crippen LogP contribution in [0.1, 0.15) is 50.8 Å². The van der Waals surface area contributed by atoms with E-state index in [2.05, 4.69) is 64.7 Å². The summed E-state index contributed by atoms with van der Waals surface area (Å²) >= 11 is 1.58. The summed E-state index contributed by atoms with van der Waals surface area (Å²) in [5, 5.41) is 13.7. The largest absolute Gasteiger partial charge is 0.339 e. The molecule has 2 aromatic heterocycles. The van der Waals surface area contributed by atoms with Gasteiger partial charge in [-0.05, 0) is 12.5 Å². The van der Waals surface area contributed by atoms with Crippen LogP contribution >= 0.6 is 11.8 Å². The average Bonchev–Trinajstić information content (AvgIpc) is 3.20. The maximum absolute atomic E-state index is 5.34. The molecule has 0 radical (unpaired) electrons. The van der Waals surface area contributed by atoms with Crippen molar-refractivity contribution in [2.75, 3.05) is 0 Å². The van der Waals surface area contributed by atoms with Gasteiger partial charge in [-0.15, -0.1) is 10.2 Å². The summed E-state index contributed by atoms with van der Waals surface area (Å²) in [5.74, 6) is 2.93. The molecule has 2 heterocycles. The maximum Gasteiger partial charge on any atom is 0.232 e. The molecule has 7 heteroatoms. The zero-order valence-electron chi connectivity index (χ0n) is 15.1. The molecule has 132 valence electrons. The van der Waals surface area contributed by atoms with Crippen molar-refractivity contribution in [2.24, 2.45) is 0 Å². The Morgan fingerprint density at radius 2 is 1.88 bits per heavy atom. The topological polar surface area (TPSA) is 69.6 Å². The van der Waals surface area contributed by atoms with Crippen LogP contribution in [0.25, 0.3) is 0 Å². The van der Waals surface area contributed by atoms with Crippen molar-refractivity contribution in [1.82, 2.24) is 24.9 Å². The van der Waals surface area contributed by atoms with Crippen molar-refractivity contribution in [3.8, 4) is 0 Å². The van der Waals surface area contributed by atoms with Gasteiger partial charge in [-0.2, -0.15) is 4.98 Å². The standard InChI is InChI=1S/C18H23N5OS/c1-5-23-15(11-13-9-7-6-8-10-13)20-21-17(23)25-12-14-19-16(24-22-14)18(2,3)4/h6-10H,5,11-12H2,1-4H3. The van der Waals surface area contributed by atoms with Gasteiger partial charge in [0.25, 0.3) is 0 Å². The van der Waals surface area contributed by atoms with Crippen molar-refractivity contribution in [3.05, 3.63) is 53.4 Å². The summed E-state index contributed by atoms with van der Waals surface area (Å²) in [4.78, 5) is 4.47. The fraction of sp³-hybridized carbons (Fsp3) is 0.444. The monoisotopic (exact) mass is 357 g/mol. The molecule has 0 N–H and O–H groups in total. The Balaban J connectivity index is 1.70. The summed E-state index contributed by atoms with van der Waals surface area (Å²) in [5.41, 5.74) is 1.09. The van der Waals surface area contributed by atoms with E-state index >= 15 is 0 Å². The van der Waals surface area contributed by atoms with Crippen LogP contribution in [0, 0.1) is 0 Å². The third kappa shape index (κ3) is 4.28. The lowest BCUT2D eigenvalue weighted by Crippen LogP contribution is -2.11. The van der Waals surface area contributed by atoms with Crippen molar-refractivity contribution >= 4 is 11.8 Å². The molecule has 0 aliphatic heterocycles. The first-order valence-electron chi connectivity index (χ1n) is 8.39. The number of hydrogen-bond acceptors (Lipinski definition) is 6. The number of aromatic nitrogens is 5. The van der Waals surface area contributed by atoms with Crippen LogP contribution in [-0.4, -0.2) is 24.9 Å². The Morgan fingerprint density at radius 3 is 2.52 bits per heavy atom. The second-order valence-electron chi connectivity index (χ2n) is 6.86. The fourth-order valence-corrected chi connectivity index (χ4v) is 3.26. The van der Waals surface area contributed by atoms with E-state index in [9.17, 15) is 0 Å². The minimum Gasteiger partial charge on any atom is -0.339 e. The quantitative estimate of drug-likeness (QED) is 0.624. The highest BCUT2D eigenvalue weighted by Gasteiger charge is 2.22. The van der Waals surface area contributed by atoms with Crippen molar-refractivity contribution in [2.45, 2.75) is 57.0 Å². The molecule has 0 aliphatic carbocycles. The predicted molar refractivity (Wildman–Crippen MR) is 97.5 cm³/mol. The Bertz CT molecular complexity index is 820. The van der Waals surface area contributed by atoms with E-state index in [4.69, 9.17) is 4.52 Å². The highest BCUT2D eigenvalue weighted by atomic mass is 32.2. The molecule has 0 spiro atoms. The van der Waals surface area contributed by atoms with E-state index in [1.54, 1.807) is 11.8 Å². The number of rotatable bonds is 6. The van der Waals surface area contributed by atoms with Crippen LogP contribution in [0.15, 0.2) is 40.0 Å². The Morgan fingerprint density at radius 1 is 1.12 bits per heavy atom. The summed E-state index contributed by atoms with van der Waals surface area (Å²) in [6.07, 6.45) is 0.776. The molecule has 3 rings (SSSR count). The molecule has 0 saturated heterocycles. The highest BCUT2D eigenvalue weighted by molar-refractivity contribution is 7.98. The van der Waals surface area contributed by atoms with Gasteiger partial charge < -0.3 is 9.09 Å². The van der Waals surface area contributed by atoms with Gasteiger partial charge in [0.2, 0.25) is 5.89 Å². The minimum absolute atomic E-state index is 0.137. The van der Waals surface area contributed by atoms with Crippen LogP contribution in [0.2, 0.25) is 0 Å². The lowest BCUT2D eigenvalue weighted by Gasteiger charge is -2.10. The highest BCUT2D eigenvalue weighted by Crippen LogP contribution is 2.24. The van der Waals surface area contributed by atoms with Gasteiger partial charge in [-0.1, -0.05) is 68.0 Å². The molecular weight excluding hydrogens is 334 g/mol. The summed E-state index contributed by atoms with van der Waals surface area (Å²) < 4.78 is 7.48. The Labute approximate surface area is 152 Å². The predicted octanol–water partition coefficient (Wildman–Crippen LogP) is 3.86. The number of nitrogens with zero attached hydrogens (tertiary/aromatic N) is 5. The van der Waals surface area contributed by atoms with Gasteiger partial charge in [0.1, 0.15) is 5.82 Å². The van der Waals surface area contributed by atoms with Gasteiger partial charge in [0.05, 0.1) is 5.75 Å². The fourth-order valence-electron chi connectivity index (χ4n) is 2.40. The Kier molecular flexibility index (Phi) is 5.22. The molecule has 0 bridgehead atoms. The number of hydrogen-bond donors (Lipinski definition) is 0. The van der Waals surface area contributed by atoms with Crippen LogP contribution in [-0.2, 0) is 24.1 Å². The van der Waals surface area contributed by atoms with E-state index < -0.39 is 0 Å². The van der Waals surface area contributed by atoms with Crippen molar-refractivity contribution in [3.63, 3.8) is 0 Å². The average molecular weight is 357 g/mol. The molecule has 25 heavy (non-hydrogen) atoms. The molecule has 1 aromatic carbocycles. The van der Waals surface area contributed by atoms with Gasteiger partial charge in [0, 0.05) is 18.4 Å². The molecule has 6 nitrogen and oxygen atoms in total. The van der Waals surface area contributed by atoms with Crippen LogP contribution in [0.3, 0.4) is 0 Å². The molecule has 0 amide bonds.